The van der Waals surface area contributed by atoms with Crippen LogP contribution in [0.3, 0.4) is 0 Å². The Balaban J connectivity index is 1.51. The van der Waals surface area contributed by atoms with Crippen LogP contribution < -0.4 is 5.73 Å². The molecule has 5 rings (SSSR count). The zero-order valence-corrected chi connectivity index (χ0v) is 14.3. The summed E-state index contributed by atoms with van der Waals surface area (Å²) in [6.07, 6.45) is 17.5. The van der Waals surface area contributed by atoms with E-state index < -0.39 is 0 Å². The van der Waals surface area contributed by atoms with Crippen LogP contribution in [0.15, 0.2) is 0 Å². The summed E-state index contributed by atoms with van der Waals surface area (Å²) < 4.78 is 0. The molecule has 0 aromatic rings. The first-order chi connectivity index (χ1) is 9.90. The van der Waals surface area contributed by atoms with Gasteiger partial charge in [-0.15, -0.1) is 0 Å². The molecule has 0 spiro atoms. The topological polar surface area (TPSA) is 26.0 Å². The van der Waals surface area contributed by atoms with Gasteiger partial charge in [0.1, 0.15) is 0 Å². The molecule has 1 nitrogen and oxygen atoms in total. The molecule has 0 radical (unpaired) electrons. The van der Waals surface area contributed by atoms with Gasteiger partial charge in [0.25, 0.3) is 0 Å². The molecule has 5 aliphatic carbocycles. The monoisotopic (exact) mass is 289 g/mol. The van der Waals surface area contributed by atoms with E-state index in [-0.39, 0.29) is 0 Å². The van der Waals surface area contributed by atoms with E-state index in [0.717, 1.165) is 11.8 Å². The van der Waals surface area contributed by atoms with Crippen LogP contribution in [0.4, 0.5) is 0 Å². The van der Waals surface area contributed by atoms with Crippen LogP contribution in [-0.2, 0) is 0 Å². The third kappa shape index (κ3) is 2.58. The first kappa shape index (κ1) is 14.5. The van der Waals surface area contributed by atoms with Crippen molar-refractivity contribution >= 4 is 0 Å². The van der Waals surface area contributed by atoms with Gasteiger partial charge in [-0.25, -0.2) is 0 Å². The summed E-state index contributed by atoms with van der Waals surface area (Å²) in [6, 6.07) is 0.494. The van der Waals surface area contributed by atoms with Gasteiger partial charge in [-0.2, -0.15) is 0 Å². The van der Waals surface area contributed by atoms with E-state index in [2.05, 4.69) is 13.8 Å². The number of rotatable bonds is 3. The summed E-state index contributed by atoms with van der Waals surface area (Å²) in [5.41, 5.74) is 8.69. The van der Waals surface area contributed by atoms with Crippen LogP contribution in [-0.4, -0.2) is 6.04 Å². The van der Waals surface area contributed by atoms with Crippen LogP contribution >= 0.6 is 0 Å². The van der Waals surface area contributed by atoms with Gasteiger partial charge in [0.2, 0.25) is 0 Å². The molecule has 0 heterocycles. The quantitative estimate of drug-likeness (QED) is 0.751. The maximum atomic E-state index is 6.76. The van der Waals surface area contributed by atoms with E-state index in [1.165, 1.54) is 77.0 Å². The Morgan fingerprint density at radius 2 is 1.52 bits per heavy atom. The Labute approximate surface area is 131 Å². The molecule has 0 saturated heterocycles. The zero-order valence-electron chi connectivity index (χ0n) is 14.3. The zero-order chi connectivity index (χ0) is 14.7. The number of nitrogens with two attached hydrogens (primary N) is 1. The number of hydrogen-bond donors (Lipinski definition) is 1. The fourth-order valence-electron chi connectivity index (χ4n) is 8.14. The molecule has 3 atom stereocenters. The highest BCUT2D eigenvalue weighted by molar-refractivity contribution is 5.11. The lowest BCUT2D eigenvalue weighted by Crippen LogP contribution is -2.56. The Morgan fingerprint density at radius 1 is 0.905 bits per heavy atom. The minimum Gasteiger partial charge on any atom is -0.327 e. The highest BCUT2D eigenvalue weighted by Gasteiger charge is 2.60. The van der Waals surface area contributed by atoms with Gasteiger partial charge in [0.15, 0.2) is 0 Å². The van der Waals surface area contributed by atoms with E-state index in [9.17, 15) is 0 Å². The van der Waals surface area contributed by atoms with Crippen LogP contribution in [0.5, 0.6) is 0 Å². The van der Waals surface area contributed by atoms with Crippen LogP contribution in [0, 0.1) is 28.1 Å². The molecule has 0 aromatic heterocycles. The fourth-order valence-corrected chi connectivity index (χ4v) is 8.14. The Bertz CT molecular complexity index is 390. The van der Waals surface area contributed by atoms with E-state index in [1.807, 2.05) is 0 Å². The van der Waals surface area contributed by atoms with Crippen molar-refractivity contribution in [2.75, 3.05) is 0 Å². The molecule has 0 aromatic carbocycles. The van der Waals surface area contributed by atoms with Gasteiger partial charge in [0.05, 0.1) is 0 Å². The molecule has 5 fully saturated rings. The third-order valence-electron chi connectivity index (χ3n) is 7.67. The van der Waals surface area contributed by atoms with Crippen molar-refractivity contribution in [1.29, 1.82) is 0 Å². The molecule has 1 heteroatoms. The van der Waals surface area contributed by atoms with Crippen molar-refractivity contribution in [3.05, 3.63) is 0 Å². The SMILES string of the molecule is CC12CC3CC(C)(C1)CC(CC(N)C1CCCCC1)(C3)C2. The van der Waals surface area contributed by atoms with Crippen molar-refractivity contribution in [2.24, 2.45) is 33.8 Å². The second-order valence-electron chi connectivity index (χ2n) is 10.4. The van der Waals surface area contributed by atoms with Crippen LogP contribution in [0.25, 0.3) is 0 Å². The van der Waals surface area contributed by atoms with Gasteiger partial charge in [-0.1, -0.05) is 33.1 Å². The van der Waals surface area contributed by atoms with Crippen LogP contribution in [0.1, 0.15) is 90.9 Å². The van der Waals surface area contributed by atoms with Gasteiger partial charge < -0.3 is 5.73 Å². The van der Waals surface area contributed by atoms with Crippen molar-refractivity contribution in [2.45, 2.75) is 96.9 Å². The molecule has 4 bridgehead atoms. The van der Waals surface area contributed by atoms with Crippen molar-refractivity contribution in [3.63, 3.8) is 0 Å². The smallest absolute Gasteiger partial charge is 0.00724 e. The average molecular weight is 290 g/mol. The van der Waals surface area contributed by atoms with Gasteiger partial charge in [-0.3, -0.25) is 0 Å². The molecule has 120 valence electrons. The van der Waals surface area contributed by atoms with Gasteiger partial charge in [0, 0.05) is 6.04 Å². The van der Waals surface area contributed by atoms with Crippen molar-refractivity contribution < 1.29 is 0 Å². The molecule has 0 amide bonds. The molecule has 0 aliphatic heterocycles. The highest BCUT2D eigenvalue weighted by Crippen LogP contribution is 2.70. The molecule has 5 saturated carbocycles. The summed E-state index contributed by atoms with van der Waals surface area (Å²) in [6.45, 7) is 5.19. The summed E-state index contributed by atoms with van der Waals surface area (Å²) >= 11 is 0. The Hall–Kier alpha value is -0.0400. The first-order valence-corrected chi connectivity index (χ1v) is 9.65. The van der Waals surface area contributed by atoms with E-state index in [0.29, 0.717) is 22.3 Å². The second kappa shape index (κ2) is 4.73. The summed E-state index contributed by atoms with van der Waals surface area (Å²) in [5.74, 6) is 1.86. The first-order valence-electron chi connectivity index (χ1n) is 9.65. The van der Waals surface area contributed by atoms with Crippen molar-refractivity contribution in [3.8, 4) is 0 Å². The molecule has 3 unspecified atom stereocenters. The van der Waals surface area contributed by atoms with E-state index >= 15 is 0 Å². The molecule has 21 heavy (non-hydrogen) atoms. The lowest BCUT2D eigenvalue weighted by Gasteiger charge is -2.66. The predicted molar refractivity (Wildman–Crippen MR) is 89.0 cm³/mol. The third-order valence-corrected chi connectivity index (χ3v) is 7.67. The van der Waals surface area contributed by atoms with E-state index in [1.54, 1.807) is 0 Å². The molecular formula is C20H35N. The second-order valence-corrected chi connectivity index (χ2v) is 10.4. The molecule has 2 N–H and O–H groups in total. The van der Waals surface area contributed by atoms with Gasteiger partial charge in [-0.05, 0) is 85.9 Å². The summed E-state index contributed by atoms with van der Waals surface area (Å²) in [7, 11) is 0. The molecule has 5 aliphatic rings. The lowest BCUT2D eigenvalue weighted by atomic mass is 9.39. The Kier molecular flexibility index (Phi) is 3.27. The Morgan fingerprint density at radius 3 is 2.10 bits per heavy atom. The standard InChI is InChI=1S/C20H35N/c1-18-8-15-9-19(2,12-18)14-20(10-15,13-18)11-17(21)16-6-4-3-5-7-16/h15-17H,3-14,21H2,1-2H3. The maximum Gasteiger partial charge on any atom is 0.00724 e. The maximum absolute atomic E-state index is 6.76. The fraction of sp³-hybridized carbons (Fsp3) is 1.00. The van der Waals surface area contributed by atoms with E-state index in [4.69, 9.17) is 5.73 Å². The van der Waals surface area contributed by atoms with Gasteiger partial charge >= 0.3 is 0 Å². The largest absolute Gasteiger partial charge is 0.327 e. The van der Waals surface area contributed by atoms with Crippen molar-refractivity contribution in [1.82, 2.24) is 0 Å². The summed E-state index contributed by atoms with van der Waals surface area (Å²) in [4.78, 5) is 0. The average Bonchev–Trinajstić information content (AvgIpc) is 2.34. The normalized spacial score (nSPS) is 51.3. The minimum atomic E-state index is 0.494. The highest BCUT2D eigenvalue weighted by atomic mass is 14.7. The predicted octanol–water partition coefficient (Wildman–Crippen LogP) is 5.28. The summed E-state index contributed by atoms with van der Waals surface area (Å²) in [5, 5.41) is 0. The minimum absolute atomic E-state index is 0.494. The lowest BCUT2D eigenvalue weighted by molar-refractivity contribution is -0.150. The molecular weight excluding hydrogens is 254 g/mol. The van der Waals surface area contributed by atoms with Crippen LogP contribution in [0.2, 0.25) is 0 Å². The number of hydrogen-bond acceptors (Lipinski definition) is 1.